The molecule has 0 unspecified atom stereocenters. The molecule has 94 valence electrons. The fourth-order valence-corrected chi connectivity index (χ4v) is 1.61. The minimum atomic E-state index is -0.140. The predicted octanol–water partition coefficient (Wildman–Crippen LogP) is 0.819. The lowest BCUT2D eigenvalue weighted by Crippen LogP contribution is -2.26. The number of amides is 1. The van der Waals surface area contributed by atoms with Crippen LogP contribution in [0.3, 0.4) is 0 Å². The molecule has 18 heavy (non-hydrogen) atoms. The second kappa shape index (κ2) is 5.81. The molecule has 0 aliphatic carbocycles. The van der Waals surface area contributed by atoms with Crippen LogP contribution in [0.4, 0.5) is 5.82 Å². The van der Waals surface area contributed by atoms with Crippen LogP contribution in [-0.4, -0.2) is 34.5 Å². The lowest BCUT2D eigenvalue weighted by Gasteiger charge is -2.07. The van der Waals surface area contributed by atoms with E-state index in [-0.39, 0.29) is 5.91 Å². The van der Waals surface area contributed by atoms with Gasteiger partial charge in [-0.05, 0) is 12.1 Å². The number of imidazole rings is 1. The van der Waals surface area contributed by atoms with E-state index in [0.717, 1.165) is 5.82 Å². The van der Waals surface area contributed by atoms with Crippen LogP contribution in [0.25, 0.3) is 0 Å². The number of nitrogens with zero attached hydrogens (tertiary/aromatic N) is 2. The van der Waals surface area contributed by atoms with Gasteiger partial charge in [-0.1, -0.05) is 0 Å². The van der Waals surface area contributed by atoms with Gasteiger partial charge < -0.3 is 15.6 Å². The van der Waals surface area contributed by atoms with Gasteiger partial charge in [-0.15, -0.1) is 0 Å². The van der Waals surface area contributed by atoms with E-state index in [2.05, 4.69) is 25.6 Å². The zero-order valence-electron chi connectivity index (χ0n) is 10.1. The Bertz CT molecular complexity index is 509. The molecule has 0 aliphatic heterocycles. The number of hydrogen-bond donors (Lipinski definition) is 3. The Morgan fingerprint density at radius 1 is 1.39 bits per heavy atom. The minimum absolute atomic E-state index is 0.140. The van der Waals surface area contributed by atoms with E-state index in [1.807, 2.05) is 0 Å². The maximum absolute atomic E-state index is 11.9. The first-order valence-electron chi connectivity index (χ1n) is 5.70. The second-order valence-corrected chi connectivity index (χ2v) is 3.69. The SMILES string of the molecule is CNc1ncccc1C(=O)NCCc1ncc[nH]1. The van der Waals surface area contributed by atoms with Crippen molar-refractivity contribution in [2.75, 3.05) is 18.9 Å². The van der Waals surface area contributed by atoms with Gasteiger partial charge in [0.1, 0.15) is 11.6 Å². The monoisotopic (exact) mass is 245 g/mol. The Labute approximate surface area is 105 Å². The summed E-state index contributed by atoms with van der Waals surface area (Å²) in [6.07, 6.45) is 5.77. The first-order chi connectivity index (χ1) is 8.81. The van der Waals surface area contributed by atoms with Crippen LogP contribution in [0.2, 0.25) is 0 Å². The number of rotatable bonds is 5. The van der Waals surface area contributed by atoms with Gasteiger partial charge >= 0.3 is 0 Å². The molecule has 0 radical (unpaired) electrons. The molecule has 2 heterocycles. The topological polar surface area (TPSA) is 82.7 Å². The van der Waals surface area contributed by atoms with Crippen molar-refractivity contribution in [3.05, 3.63) is 42.1 Å². The first kappa shape index (κ1) is 12.1. The molecule has 0 saturated heterocycles. The molecule has 2 aromatic heterocycles. The number of aromatic amines is 1. The van der Waals surface area contributed by atoms with Crippen LogP contribution in [0.5, 0.6) is 0 Å². The van der Waals surface area contributed by atoms with E-state index in [1.165, 1.54) is 0 Å². The van der Waals surface area contributed by atoms with Crippen LogP contribution >= 0.6 is 0 Å². The Morgan fingerprint density at radius 2 is 2.28 bits per heavy atom. The highest BCUT2D eigenvalue weighted by atomic mass is 16.1. The second-order valence-electron chi connectivity index (χ2n) is 3.69. The van der Waals surface area contributed by atoms with Gasteiger partial charge in [0.15, 0.2) is 0 Å². The van der Waals surface area contributed by atoms with Gasteiger partial charge in [0, 0.05) is 38.6 Å². The van der Waals surface area contributed by atoms with Crippen molar-refractivity contribution in [3.8, 4) is 0 Å². The van der Waals surface area contributed by atoms with E-state index in [0.29, 0.717) is 24.3 Å². The first-order valence-corrected chi connectivity index (χ1v) is 5.70. The molecule has 1 amide bonds. The Morgan fingerprint density at radius 3 is 3.00 bits per heavy atom. The third-order valence-electron chi connectivity index (χ3n) is 2.49. The lowest BCUT2D eigenvalue weighted by atomic mass is 10.2. The summed E-state index contributed by atoms with van der Waals surface area (Å²) in [5, 5.41) is 5.72. The normalized spacial score (nSPS) is 10.1. The van der Waals surface area contributed by atoms with Crippen molar-refractivity contribution in [3.63, 3.8) is 0 Å². The molecule has 6 heteroatoms. The highest BCUT2D eigenvalue weighted by Crippen LogP contribution is 2.09. The zero-order valence-corrected chi connectivity index (χ0v) is 10.1. The largest absolute Gasteiger partial charge is 0.372 e. The van der Waals surface area contributed by atoms with Crippen molar-refractivity contribution >= 4 is 11.7 Å². The lowest BCUT2D eigenvalue weighted by molar-refractivity contribution is 0.0954. The summed E-state index contributed by atoms with van der Waals surface area (Å²) in [5.74, 6) is 1.29. The molecular weight excluding hydrogens is 230 g/mol. The number of anilines is 1. The maximum atomic E-state index is 11.9. The summed E-state index contributed by atoms with van der Waals surface area (Å²) in [6, 6.07) is 3.48. The molecule has 0 bridgehead atoms. The molecule has 0 aliphatic rings. The van der Waals surface area contributed by atoms with Crippen LogP contribution in [-0.2, 0) is 6.42 Å². The average Bonchev–Trinajstić information content (AvgIpc) is 2.91. The Hall–Kier alpha value is -2.37. The van der Waals surface area contributed by atoms with E-state index in [9.17, 15) is 4.79 Å². The van der Waals surface area contributed by atoms with Crippen molar-refractivity contribution in [2.45, 2.75) is 6.42 Å². The fraction of sp³-hybridized carbons (Fsp3) is 0.250. The van der Waals surface area contributed by atoms with Crippen LogP contribution in [0.1, 0.15) is 16.2 Å². The third-order valence-corrected chi connectivity index (χ3v) is 2.49. The Balaban J connectivity index is 1.91. The third kappa shape index (κ3) is 2.85. The number of aromatic nitrogens is 3. The van der Waals surface area contributed by atoms with E-state index in [1.54, 1.807) is 37.8 Å². The summed E-state index contributed by atoms with van der Waals surface area (Å²) < 4.78 is 0. The van der Waals surface area contributed by atoms with Gasteiger partial charge in [-0.2, -0.15) is 0 Å². The Kier molecular flexibility index (Phi) is 3.90. The number of carbonyl (C=O) groups is 1. The number of pyridine rings is 1. The summed E-state index contributed by atoms with van der Waals surface area (Å²) >= 11 is 0. The average molecular weight is 245 g/mol. The molecule has 2 aromatic rings. The number of H-pyrrole nitrogens is 1. The molecule has 3 N–H and O–H groups in total. The van der Waals surface area contributed by atoms with Crippen LogP contribution in [0, 0.1) is 0 Å². The van der Waals surface area contributed by atoms with Crippen LogP contribution < -0.4 is 10.6 Å². The summed E-state index contributed by atoms with van der Waals surface area (Å²) in [4.78, 5) is 23.1. The van der Waals surface area contributed by atoms with Crippen molar-refractivity contribution in [1.82, 2.24) is 20.3 Å². The smallest absolute Gasteiger partial charge is 0.255 e. The van der Waals surface area contributed by atoms with Gasteiger partial charge in [0.05, 0.1) is 5.56 Å². The van der Waals surface area contributed by atoms with Gasteiger partial charge in [0.2, 0.25) is 0 Å². The summed E-state index contributed by atoms with van der Waals surface area (Å²) in [7, 11) is 1.74. The molecule has 2 rings (SSSR count). The molecule has 0 atom stereocenters. The van der Waals surface area contributed by atoms with E-state index >= 15 is 0 Å². The molecule has 0 fully saturated rings. The predicted molar refractivity (Wildman–Crippen MR) is 68.4 cm³/mol. The highest BCUT2D eigenvalue weighted by Gasteiger charge is 2.10. The van der Waals surface area contributed by atoms with Crippen molar-refractivity contribution in [2.24, 2.45) is 0 Å². The quantitative estimate of drug-likeness (QED) is 0.728. The van der Waals surface area contributed by atoms with Gasteiger partial charge in [0.25, 0.3) is 5.91 Å². The standard InChI is InChI=1S/C12H15N5O/c1-13-11-9(3-2-5-16-11)12(18)17-6-4-10-14-7-8-15-10/h2-3,5,7-8H,4,6H2,1H3,(H,13,16)(H,14,15)(H,17,18). The van der Waals surface area contributed by atoms with E-state index < -0.39 is 0 Å². The van der Waals surface area contributed by atoms with Crippen molar-refractivity contribution in [1.29, 1.82) is 0 Å². The summed E-state index contributed by atoms with van der Waals surface area (Å²) in [6.45, 7) is 0.532. The van der Waals surface area contributed by atoms with E-state index in [4.69, 9.17) is 0 Å². The molecule has 0 spiro atoms. The van der Waals surface area contributed by atoms with Gasteiger partial charge in [-0.3, -0.25) is 4.79 Å². The molecule has 0 aromatic carbocycles. The molecular formula is C12H15N5O. The molecule has 6 nitrogen and oxygen atoms in total. The number of hydrogen-bond acceptors (Lipinski definition) is 4. The zero-order chi connectivity index (χ0) is 12.8. The number of nitrogens with one attached hydrogen (secondary N) is 3. The minimum Gasteiger partial charge on any atom is -0.372 e. The van der Waals surface area contributed by atoms with Crippen molar-refractivity contribution < 1.29 is 4.79 Å². The fourth-order valence-electron chi connectivity index (χ4n) is 1.61. The highest BCUT2D eigenvalue weighted by molar-refractivity contribution is 5.98. The molecule has 0 saturated carbocycles. The number of carbonyl (C=O) groups excluding carboxylic acids is 1. The summed E-state index contributed by atoms with van der Waals surface area (Å²) in [5.41, 5.74) is 0.541. The van der Waals surface area contributed by atoms with Crippen LogP contribution in [0.15, 0.2) is 30.7 Å². The maximum Gasteiger partial charge on any atom is 0.255 e. The van der Waals surface area contributed by atoms with Gasteiger partial charge in [-0.25, -0.2) is 9.97 Å².